The van der Waals surface area contributed by atoms with Crippen LogP contribution in [0.3, 0.4) is 0 Å². The minimum Gasteiger partial charge on any atom is -0.423 e. The average molecular weight is 543 g/mol. The van der Waals surface area contributed by atoms with E-state index in [4.69, 9.17) is 12.3 Å². The molecule has 1 heterocycles. The molecule has 0 aromatic heterocycles. The van der Waals surface area contributed by atoms with E-state index >= 15 is 0 Å². The molecule has 176 valence electrons. The third-order valence-corrected chi connectivity index (χ3v) is 92.0. The van der Waals surface area contributed by atoms with Crippen molar-refractivity contribution in [2.24, 2.45) is 0 Å². The first kappa shape index (κ1) is 27.6. The number of hydrogen-bond acceptors (Lipinski definition) is 3. The third kappa shape index (κ3) is 6.48. The zero-order valence-corrected chi connectivity index (χ0v) is 30.8. The van der Waals surface area contributed by atoms with E-state index in [1.54, 1.807) is 0 Å². The quantitative estimate of drug-likeness (QED) is 0.472. The van der Waals surface area contributed by atoms with Crippen molar-refractivity contribution < 1.29 is 12.3 Å². The van der Waals surface area contributed by atoms with E-state index in [1.807, 2.05) is 0 Å². The Labute approximate surface area is 202 Å². The molecule has 1 aliphatic heterocycles. The number of rotatable bonds is 8. The highest BCUT2D eigenvalue weighted by molar-refractivity contribution is 7.80. The van der Waals surface area contributed by atoms with Gasteiger partial charge in [0.05, 0.1) is 0 Å². The SMILES string of the molecule is CC(=C(C)[Si](O[SiH]1[SiH2][SiH2][SiH2]1)(O[Si](C)(C)C)O[Si](C)(C)C)c1c(C)c(C)c(C)c(C)c1C. The second-order valence-electron chi connectivity index (χ2n) is 11.4. The maximum absolute atomic E-state index is 7.20. The van der Waals surface area contributed by atoms with Crippen molar-refractivity contribution in [3.05, 3.63) is 38.6 Å². The van der Waals surface area contributed by atoms with E-state index < -0.39 is 33.5 Å². The highest BCUT2D eigenvalue weighted by Gasteiger charge is 2.52. The molecule has 2 rings (SSSR count). The maximum Gasteiger partial charge on any atom is 0.500 e. The Bertz CT molecular complexity index is 820. The molecule has 0 amide bonds. The molecule has 1 aromatic rings. The summed E-state index contributed by atoms with van der Waals surface area (Å²) in [4.78, 5) is 0. The molecule has 0 aliphatic carbocycles. The molecule has 0 atom stereocenters. The molecule has 0 spiro atoms. The van der Waals surface area contributed by atoms with Crippen LogP contribution in [-0.2, 0) is 12.3 Å². The summed E-state index contributed by atoms with van der Waals surface area (Å²) in [5, 5.41) is 1.30. The first-order valence-electron chi connectivity index (χ1n) is 11.8. The Morgan fingerprint density at radius 2 is 1.06 bits per heavy atom. The molecule has 31 heavy (non-hydrogen) atoms. The lowest BCUT2D eigenvalue weighted by Crippen LogP contribution is -2.66. The Morgan fingerprint density at radius 3 is 1.39 bits per heavy atom. The molecule has 1 fully saturated rings. The summed E-state index contributed by atoms with van der Waals surface area (Å²) in [5.41, 5.74) is 9.79. The lowest BCUT2D eigenvalue weighted by molar-refractivity contribution is 0.276. The van der Waals surface area contributed by atoms with Crippen LogP contribution in [0.5, 0.6) is 0 Å². The second-order valence-corrected chi connectivity index (χ2v) is 58.7. The van der Waals surface area contributed by atoms with Gasteiger partial charge >= 0.3 is 8.80 Å². The van der Waals surface area contributed by atoms with Crippen LogP contribution in [0.4, 0.5) is 0 Å². The van der Waals surface area contributed by atoms with Gasteiger partial charge in [-0.25, -0.2) is 0 Å². The monoisotopic (exact) mass is 542 g/mol. The molecule has 0 unspecified atom stereocenters. The number of hydrogen-bond donors (Lipinski definition) is 0. The van der Waals surface area contributed by atoms with Crippen LogP contribution < -0.4 is 0 Å². The van der Waals surface area contributed by atoms with Crippen LogP contribution in [0.1, 0.15) is 47.2 Å². The number of benzene rings is 1. The van der Waals surface area contributed by atoms with E-state index in [0.717, 1.165) is 0 Å². The van der Waals surface area contributed by atoms with Gasteiger partial charge in [-0.15, -0.1) is 0 Å². The molecule has 0 saturated carbocycles. The van der Waals surface area contributed by atoms with E-state index in [0.29, 0.717) is 8.55 Å². The Kier molecular flexibility index (Phi) is 8.83. The first-order chi connectivity index (χ1) is 14.0. The third-order valence-electron chi connectivity index (χ3n) is 6.65. The molecule has 0 bridgehead atoms. The normalized spacial score (nSPS) is 21.0. The molecule has 1 saturated heterocycles. The first-order valence-corrected chi connectivity index (χ1v) is 35.4. The lowest BCUT2D eigenvalue weighted by atomic mass is 9.86. The Hall–Kier alpha value is 0.358. The zero-order chi connectivity index (χ0) is 23.9. The Morgan fingerprint density at radius 1 is 0.677 bits per heavy atom. The van der Waals surface area contributed by atoms with Gasteiger partial charge in [0.1, 0.15) is 8.08 Å². The van der Waals surface area contributed by atoms with Crippen molar-refractivity contribution in [1.29, 1.82) is 0 Å². The molecular weight excluding hydrogens is 497 g/mol. The summed E-state index contributed by atoms with van der Waals surface area (Å²) in [7, 11) is -6.70. The van der Waals surface area contributed by atoms with Gasteiger partial charge in [-0.3, -0.25) is 0 Å². The van der Waals surface area contributed by atoms with Crippen LogP contribution in [0.2, 0.25) is 39.3 Å². The molecule has 0 N–H and O–H groups in total. The van der Waals surface area contributed by atoms with Gasteiger partial charge in [-0.1, -0.05) is 0 Å². The summed E-state index contributed by atoms with van der Waals surface area (Å²) in [6.45, 7) is 29.8. The number of allylic oxidation sites excluding steroid dienone is 2. The van der Waals surface area contributed by atoms with Crippen LogP contribution >= 0.6 is 0 Å². The summed E-state index contributed by atoms with van der Waals surface area (Å²) in [6, 6.07) is 0. The molecule has 0 radical (unpaired) electrons. The minimum atomic E-state index is -2.89. The van der Waals surface area contributed by atoms with Crippen LogP contribution in [0.15, 0.2) is 5.20 Å². The summed E-state index contributed by atoms with van der Waals surface area (Å²) in [6.07, 6.45) is 0. The van der Waals surface area contributed by atoms with Gasteiger partial charge in [-0.05, 0) is 140 Å². The van der Waals surface area contributed by atoms with Crippen molar-refractivity contribution in [3.63, 3.8) is 0 Å². The van der Waals surface area contributed by atoms with Crippen LogP contribution in [-0.4, -0.2) is 59.2 Å². The highest BCUT2D eigenvalue weighted by Crippen LogP contribution is 2.37. The van der Waals surface area contributed by atoms with Gasteiger partial charge in [0, 0.05) is 17.1 Å². The van der Waals surface area contributed by atoms with E-state index in [2.05, 4.69) is 87.7 Å². The fourth-order valence-corrected chi connectivity index (χ4v) is 59.9. The summed E-state index contributed by atoms with van der Waals surface area (Å²) >= 11 is 0. The zero-order valence-electron chi connectivity index (χ0n) is 22.4. The van der Waals surface area contributed by atoms with Gasteiger partial charge < -0.3 is 12.3 Å². The van der Waals surface area contributed by atoms with Crippen LogP contribution in [0.25, 0.3) is 5.57 Å². The van der Waals surface area contributed by atoms with Crippen molar-refractivity contribution in [2.75, 3.05) is 0 Å². The highest BCUT2D eigenvalue weighted by atomic mass is 30.1. The van der Waals surface area contributed by atoms with Crippen molar-refractivity contribution >= 4 is 64.8 Å². The van der Waals surface area contributed by atoms with E-state index in [1.165, 1.54) is 44.2 Å². The van der Waals surface area contributed by atoms with Crippen LogP contribution in [0, 0.1) is 34.6 Å². The summed E-state index contributed by atoms with van der Waals surface area (Å²) < 4.78 is 21.4. The van der Waals surface area contributed by atoms with Crippen molar-refractivity contribution in [2.45, 2.75) is 87.7 Å². The summed E-state index contributed by atoms with van der Waals surface area (Å²) in [5.74, 6) is 0. The van der Waals surface area contributed by atoms with E-state index in [9.17, 15) is 0 Å². The molecule has 1 aliphatic rings. The second kappa shape index (κ2) is 9.92. The molecule has 10 heteroatoms. The lowest BCUT2D eigenvalue weighted by Gasteiger charge is -2.44. The largest absolute Gasteiger partial charge is 0.500 e. The van der Waals surface area contributed by atoms with Gasteiger partial charge in [0.2, 0.25) is 0 Å². The maximum atomic E-state index is 7.20. The standard InChI is InChI=1S/C21H46O3Si7/c1-14-15(2)17(4)21(18(5)16(14)3)19(6)20(7)31(23-29(8,9)10,24-30(11,12)13)22-28-26-25-27-28/h28H,25-27H2,1-13H3. The Balaban J connectivity index is 2.78. The predicted octanol–water partition coefficient (Wildman–Crippen LogP) is 3.29. The minimum absolute atomic E-state index is 0.180. The molecular formula is C21H46O3Si7. The fraction of sp³-hybridized carbons (Fsp3) is 0.619. The topological polar surface area (TPSA) is 27.7 Å². The predicted molar refractivity (Wildman–Crippen MR) is 157 cm³/mol. The smallest absolute Gasteiger partial charge is 0.423 e. The van der Waals surface area contributed by atoms with Gasteiger partial charge in [-0.2, -0.15) is 0 Å². The van der Waals surface area contributed by atoms with Crippen molar-refractivity contribution in [1.82, 2.24) is 0 Å². The fourth-order valence-electron chi connectivity index (χ4n) is 4.30. The molecule has 3 nitrogen and oxygen atoms in total. The average Bonchev–Trinajstić information content (AvgIpc) is 2.58. The van der Waals surface area contributed by atoms with Gasteiger partial charge in [0.25, 0.3) is 0 Å². The van der Waals surface area contributed by atoms with Crippen molar-refractivity contribution in [3.8, 4) is 0 Å². The van der Waals surface area contributed by atoms with E-state index in [-0.39, 0.29) is 17.1 Å². The van der Waals surface area contributed by atoms with Gasteiger partial charge in [0.15, 0.2) is 16.6 Å². The molecule has 1 aromatic carbocycles.